The van der Waals surface area contributed by atoms with E-state index in [4.69, 9.17) is 11.6 Å². The van der Waals surface area contributed by atoms with Crippen LogP contribution in [0.15, 0.2) is 24.3 Å². The van der Waals surface area contributed by atoms with Crippen LogP contribution in [0, 0.1) is 6.07 Å². The number of rotatable bonds is 0. The summed E-state index contributed by atoms with van der Waals surface area (Å²) in [4.78, 5) is 0. The van der Waals surface area contributed by atoms with Gasteiger partial charge in [0.15, 0.2) is 0 Å². The molecule has 1 rings (SSSR count). The fourth-order valence-electron chi connectivity index (χ4n) is 0.367. The number of halogens is 1. The molecule has 0 N–H and O–H groups in total. The SMILES string of the molecule is Clc1cc[c]cc1.[NaH]. The average Bonchev–Trinajstić information content (AvgIpc) is 1.69. The van der Waals surface area contributed by atoms with Crippen LogP contribution in [0.4, 0.5) is 0 Å². The maximum absolute atomic E-state index is 5.52. The summed E-state index contributed by atoms with van der Waals surface area (Å²) >= 11 is 5.52. The van der Waals surface area contributed by atoms with Crippen LogP contribution in [0.3, 0.4) is 0 Å². The van der Waals surface area contributed by atoms with Crippen molar-refractivity contribution in [3.05, 3.63) is 35.4 Å². The van der Waals surface area contributed by atoms with Crippen LogP contribution in [0.5, 0.6) is 0 Å². The standard InChI is InChI=1S/C6H4Cl.Na.H/c7-6-4-2-1-3-5-6;;/h2-5H;;. The third-order valence-electron chi connectivity index (χ3n) is 0.678. The maximum atomic E-state index is 5.52. The van der Waals surface area contributed by atoms with Gasteiger partial charge < -0.3 is 0 Å². The molecule has 0 saturated carbocycles. The van der Waals surface area contributed by atoms with E-state index in [0.29, 0.717) is 0 Å². The predicted octanol–water partition coefficient (Wildman–Crippen LogP) is 1.49. The van der Waals surface area contributed by atoms with Crippen molar-refractivity contribution in [1.29, 1.82) is 0 Å². The molecule has 1 radical (unpaired) electrons. The van der Waals surface area contributed by atoms with Crippen LogP contribution < -0.4 is 0 Å². The molecule has 0 atom stereocenters. The van der Waals surface area contributed by atoms with Crippen LogP contribution in [-0.2, 0) is 0 Å². The Morgan fingerprint density at radius 2 is 1.75 bits per heavy atom. The Balaban J connectivity index is 0.000000490. The van der Waals surface area contributed by atoms with Crippen molar-refractivity contribution in [2.45, 2.75) is 0 Å². The van der Waals surface area contributed by atoms with Gasteiger partial charge in [-0.15, -0.1) is 0 Å². The zero-order chi connectivity index (χ0) is 5.11. The first-order valence-corrected chi connectivity index (χ1v) is 2.39. The van der Waals surface area contributed by atoms with Crippen molar-refractivity contribution in [3.8, 4) is 0 Å². The normalized spacial score (nSPS) is 7.62. The molecule has 37 valence electrons. The molecule has 0 aliphatic heterocycles. The second-order valence-corrected chi connectivity index (χ2v) is 1.65. The van der Waals surface area contributed by atoms with E-state index < -0.39 is 0 Å². The summed E-state index contributed by atoms with van der Waals surface area (Å²) in [5.74, 6) is 0. The monoisotopic (exact) mass is 135 g/mol. The second-order valence-electron chi connectivity index (χ2n) is 1.22. The van der Waals surface area contributed by atoms with E-state index in [9.17, 15) is 0 Å². The molecule has 1 aromatic carbocycles. The zero-order valence-corrected chi connectivity index (χ0v) is 4.44. The van der Waals surface area contributed by atoms with Gasteiger partial charge in [-0.1, -0.05) is 23.7 Å². The van der Waals surface area contributed by atoms with Crippen molar-refractivity contribution in [2.24, 2.45) is 0 Å². The molecule has 0 amide bonds. The summed E-state index contributed by atoms with van der Waals surface area (Å²) in [5, 5.41) is 0.763. The molecule has 0 aromatic heterocycles. The van der Waals surface area contributed by atoms with Gasteiger partial charge in [0.25, 0.3) is 0 Å². The third-order valence-corrected chi connectivity index (χ3v) is 0.930. The molecule has 0 heterocycles. The van der Waals surface area contributed by atoms with E-state index in [0.717, 1.165) is 5.02 Å². The molecule has 0 aliphatic carbocycles. The van der Waals surface area contributed by atoms with Crippen molar-refractivity contribution >= 4 is 41.2 Å². The van der Waals surface area contributed by atoms with Gasteiger partial charge in [-0.2, -0.15) is 0 Å². The Morgan fingerprint density at radius 3 is 2.00 bits per heavy atom. The molecule has 1 aromatic rings. The van der Waals surface area contributed by atoms with Gasteiger partial charge in [-0.25, -0.2) is 0 Å². The van der Waals surface area contributed by atoms with Crippen LogP contribution in [-0.4, -0.2) is 29.6 Å². The van der Waals surface area contributed by atoms with Crippen LogP contribution in [0.1, 0.15) is 0 Å². The van der Waals surface area contributed by atoms with Gasteiger partial charge in [0.2, 0.25) is 0 Å². The first-order chi connectivity index (χ1) is 3.39. The first-order valence-electron chi connectivity index (χ1n) is 2.01. The quantitative estimate of drug-likeness (QED) is 0.473. The van der Waals surface area contributed by atoms with E-state index in [-0.39, 0.29) is 29.6 Å². The second kappa shape index (κ2) is 4.39. The van der Waals surface area contributed by atoms with Crippen molar-refractivity contribution < 1.29 is 0 Å². The Labute approximate surface area is 76.1 Å². The predicted molar refractivity (Wildman–Crippen MR) is 37.4 cm³/mol. The molecule has 0 saturated heterocycles. The van der Waals surface area contributed by atoms with E-state index in [1.54, 1.807) is 24.3 Å². The molecule has 0 fully saturated rings. The molecule has 8 heavy (non-hydrogen) atoms. The Bertz CT molecular complexity index is 138. The van der Waals surface area contributed by atoms with E-state index in [1.807, 2.05) is 0 Å². The van der Waals surface area contributed by atoms with Gasteiger partial charge in [0, 0.05) is 5.02 Å². The van der Waals surface area contributed by atoms with Gasteiger partial charge in [0.05, 0.1) is 0 Å². The summed E-state index contributed by atoms with van der Waals surface area (Å²) in [6.07, 6.45) is 0. The van der Waals surface area contributed by atoms with E-state index >= 15 is 0 Å². The first kappa shape index (κ1) is 8.51. The molecule has 0 aliphatic rings. The Morgan fingerprint density at radius 1 is 1.25 bits per heavy atom. The number of hydrogen-bond acceptors (Lipinski definition) is 0. The summed E-state index contributed by atoms with van der Waals surface area (Å²) in [6, 6.07) is 10.00. The fourth-order valence-corrected chi connectivity index (χ4v) is 0.493. The fraction of sp³-hybridized carbons (Fsp3) is 0. The molecule has 0 spiro atoms. The van der Waals surface area contributed by atoms with E-state index in [1.165, 1.54) is 0 Å². The number of benzene rings is 1. The third kappa shape index (κ3) is 2.73. The summed E-state index contributed by atoms with van der Waals surface area (Å²) < 4.78 is 0. The van der Waals surface area contributed by atoms with Crippen molar-refractivity contribution in [2.75, 3.05) is 0 Å². The summed E-state index contributed by atoms with van der Waals surface area (Å²) in [7, 11) is 0. The molecule has 0 bridgehead atoms. The zero-order valence-electron chi connectivity index (χ0n) is 3.69. The topological polar surface area (TPSA) is 0 Å². The number of hydrogen-bond donors (Lipinski definition) is 0. The molecule has 0 unspecified atom stereocenters. The molecular formula is C6H5ClNa. The summed E-state index contributed by atoms with van der Waals surface area (Å²) in [5.41, 5.74) is 0. The molecule has 0 nitrogen and oxygen atoms in total. The van der Waals surface area contributed by atoms with Crippen LogP contribution >= 0.6 is 11.6 Å². The molecule has 2 heteroatoms. The van der Waals surface area contributed by atoms with Crippen LogP contribution in [0.25, 0.3) is 0 Å². The van der Waals surface area contributed by atoms with Crippen LogP contribution in [0.2, 0.25) is 5.02 Å². The van der Waals surface area contributed by atoms with Crippen molar-refractivity contribution in [1.82, 2.24) is 0 Å². The Kier molecular flexibility index (Phi) is 4.68. The van der Waals surface area contributed by atoms with Gasteiger partial charge in [-0.3, -0.25) is 0 Å². The van der Waals surface area contributed by atoms with Gasteiger partial charge in [0.1, 0.15) is 0 Å². The Hall–Kier alpha value is 0.510. The minimum atomic E-state index is 0. The van der Waals surface area contributed by atoms with Gasteiger partial charge in [-0.05, 0) is 18.2 Å². The summed E-state index contributed by atoms with van der Waals surface area (Å²) in [6.45, 7) is 0. The average molecular weight is 136 g/mol. The van der Waals surface area contributed by atoms with E-state index in [2.05, 4.69) is 6.07 Å². The van der Waals surface area contributed by atoms with Crippen molar-refractivity contribution in [3.63, 3.8) is 0 Å². The van der Waals surface area contributed by atoms with Gasteiger partial charge >= 0.3 is 29.6 Å². The molecular weight excluding hydrogens is 131 g/mol. The minimum absolute atomic E-state index is 0.